The Labute approximate surface area is 83.2 Å². The van der Waals surface area contributed by atoms with Crippen LogP contribution in [0.25, 0.3) is 0 Å². The van der Waals surface area contributed by atoms with Crippen molar-refractivity contribution in [2.75, 3.05) is 13.7 Å². The van der Waals surface area contributed by atoms with E-state index in [1.165, 1.54) is 7.11 Å². The highest BCUT2D eigenvalue weighted by molar-refractivity contribution is 5.50. The zero-order valence-corrected chi connectivity index (χ0v) is 8.41. The Bertz CT molecular complexity index is 312. The van der Waals surface area contributed by atoms with Crippen LogP contribution in [0.3, 0.4) is 0 Å². The molecular weight excluding hydrogens is 182 g/mol. The Morgan fingerprint density at radius 3 is 2.71 bits per heavy atom. The lowest BCUT2D eigenvalue weighted by atomic mass is 10.1. The van der Waals surface area contributed by atoms with Gasteiger partial charge in [-0.15, -0.1) is 0 Å². The maximum absolute atomic E-state index is 9.77. The topological polar surface area (TPSA) is 64.7 Å². The third-order valence-electron chi connectivity index (χ3n) is 2.11. The lowest BCUT2D eigenvalue weighted by molar-refractivity contribution is 0.140. The van der Waals surface area contributed by atoms with Gasteiger partial charge in [0.2, 0.25) is 0 Å². The van der Waals surface area contributed by atoms with Gasteiger partial charge in [-0.3, -0.25) is 0 Å². The van der Waals surface area contributed by atoms with Crippen LogP contribution in [0, 0.1) is 6.92 Å². The van der Waals surface area contributed by atoms with Gasteiger partial charge in [-0.25, -0.2) is 5.90 Å². The van der Waals surface area contributed by atoms with E-state index in [0.29, 0.717) is 18.8 Å². The molecule has 0 atom stereocenters. The molecule has 1 rings (SSSR count). The summed E-state index contributed by atoms with van der Waals surface area (Å²) in [5, 5.41) is 9.77. The second-order valence-corrected chi connectivity index (χ2v) is 3.04. The van der Waals surface area contributed by atoms with Crippen LogP contribution in [0.15, 0.2) is 12.1 Å². The first-order valence-corrected chi connectivity index (χ1v) is 4.37. The summed E-state index contributed by atoms with van der Waals surface area (Å²) in [5.41, 5.74) is 1.68. The van der Waals surface area contributed by atoms with E-state index in [0.717, 1.165) is 11.1 Å². The van der Waals surface area contributed by atoms with E-state index < -0.39 is 0 Å². The molecule has 4 nitrogen and oxygen atoms in total. The van der Waals surface area contributed by atoms with Gasteiger partial charge in [0.15, 0.2) is 11.5 Å². The Kier molecular flexibility index (Phi) is 3.73. The van der Waals surface area contributed by atoms with Crippen LogP contribution < -0.4 is 10.6 Å². The van der Waals surface area contributed by atoms with Crippen LogP contribution in [0.1, 0.15) is 11.1 Å². The molecule has 0 fully saturated rings. The molecule has 1 aromatic carbocycles. The van der Waals surface area contributed by atoms with E-state index >= 15 is 0 Å². The first-order chi connectivity index (χ1) is 6.70. The molecule has 0 radical (unpaired) electrons. The number of hydrogen-bond donors (Lipinski definition) is 2. The number of methoxy groups -OCH3 is 1. The minimum Gasteiger partial charge on any atom is -0.504 e. The van der Waals surface area contributed by atoms with Gasteiger partial charge >= 0.3 is 0 Å². The minimum absolute atomic E-state index is 0.171. The highest BCUT2D eigenvalue weighted by atomic mass is 16.6. The van der Waals surface area contributed by atoms with Gasteiger partial charge in [-0.2, -0.15) is 0 Å². The number of nitrogens with two attached hydrogens (primary N) is 1. The highest BCUT2D eigenvalue weighted by Gasteiger charge is 2.09. The van der Waals surface area contributed by atoms with E-state index in [1.54, 1.807) is 0 Å². The Morgan fingerprint density at radius 2 is 2.14 bits per heavy atom. The fraction of sp³-hybridized carbons (Fsp3) is 0.400. The molecule has 0 saturated heterocycles. The third kappa shape index (κ3) is 2.16. The molecule has 0 aliphatic rings. The number of aryl methyl sites for hydroxylation is 1. The van der Waals surface area contributed by atoms with E-state index in [4.69, 9.17) is 10.6 Å². The molecular formula is C10H15NO3. The summed E-state index contributed by atoms with van der Waals surface area (Å²) < 4.78 is 5.07. The van der Waals surface area contributed by atoms with Crippen LogP contribution in [-0.4, -0.2) is 18.8 Å². The van der Waals surface area contributed by atoms with Crippen molar-refractivity contribution in [3.05, 3.63) is 23.3 Å². The molecule has 0 saturated carbocycles. The quantitative estimate of drug-likeness (QED) is 0.710. The standard InChI is InChI=1S/C10H15NO3/c1-7-3-4-8(5-6-14-11)9(12)10(7)13-2/h3-4,12H,5-6,11H2,1-2H3. The number of ether oxygens (including phenoxy) is 1. The van der Waals surface area contributed by atoms with E-state index in [-0.39, 0.29) is 5.75 Å². The summed E-state index contributed by atoms with van der Waals surface area (Å²) in [6, 6.07) is 3.73. The maximum Gasteiger partial charge on any atom is 0.163 e. The number of hydrogen-bond acceptors (Lipinski definition) is 4. The maximum atomic E-state index is 9.77. The summed E-state index contributed by atoms with van der Waals surface area (Å²) in [5.74, 6) is 5.60. The molecule has 0 aliphatic heterocycles. The Morgan fingerprint density at radius 1 is 1.43 bits per heavy atom. The highest BCUT2D eigenvalue weighted by Crippen LogP contribution is 2.33. The predicted molar refractivity (Wildman–Crippen MR) is 53.2 cm³/mol. The number of rotatable bonds is 4. The number of benzene rings is 1. The SMILES string of the molecule is COc1c(C)ccc(CCON)c1O. The van der Waals surface area contributed by atoms with Gasteiger partial charge in [-0.05, 0) is 12.5 Å². The second-order valence-electron chi connectivity index (χ2n) is 3.04. The van der Waals surface area contributed by atoms with Crippen molar-refractivity contribution in [3.8, 4) is 11.5 Å². The second kappa shape index (κ2) is 4.83. The molecule has 0 aromatic heterocycles. The molecule has 14 heavy (non-hydrogen) atoms. The summed E-state index contributed by atoms with van der Waals surface area (Å²) in [6.45, 7) is 2.25. The number of phenols is 1. The minimum atomic E-state index is 0.171. The van der Waals surface area contributed by atoms with Crippen LogP contribution in [-0.2, 0) is 11.3 Å². The largest absolute Gasteiger partial charge is 0.504 e. The summed E-state index contributed by atoms with van der Waals surface area (Å²) in [7, 11) is 1.53. The monoisotopic (exact) mass is 197 g/mol. The summed E-state index contributed by atoms with van der Waals surface area (Å²) in [6.07, 6.45) is 0.568. The van der Waals surface area contributed by atoms with Crippen LogP contribution in [0.2, 0.25) is 0 Å². The Hall–Kier alpha value is -1.26. The number of aromatic hydroxyl groups is 1. The summed E-state index contributed by atoms with van der Waals surface area (Å²) >= 11 is 0. The normalized spacial score (nSPS) is 10.2. The van der Waals surface area contributed by atoms with E-state index in [9.17, 15) is 5.11 Å². The number of phenolic OH excluding ortho intramolecular Hbond substituents is 1. The van der Waals surface area contributed by atoms with Crippen molar-refractivity contribution in [2.45, 2.75) is 13.3 Å². The molecule has 0 unspecified atom stereocenters. The molecule has 0 aliphatic carbocycles. The van der Waals surface area contributed by atoms with Crippen molar-refractivity contribution in [2.24, 2.45) is 5.90 Å². The average Bonchev–Trinajstić information content (AvgIpc) is 2.18. The lowest BCUT2D eigenvalue weighted by Gasteiger charge is -2.10. The molecule has 0 spiro atoms. The molecule has 3 N–H and O–H groups in total. The molecule has 1 aromatic rings. The Balaban J connectivity index is 2.96. The zero-order valence-electron chi connectivity index (χ0n) is 8.41. The van der Waals surface area contributed by atoms with Gasteiger partial charge < -0.3 is 14.7 Å². The van der Waals surface area contributed by atoms with Crippen molar-refractivity contribution in [1.82, 2.24) is 0 Å². The first-order valence-electron chi connectivity index (χ1n) is 4.37. The third-order valence-corrected chi connectivity index (χ3v) is 2.11. The van der Waals surface area contributed by atoms with Crippen molar-refractivity contribution >= 4 is 0 Å². The first kappa shape index (κ1) is 10.8. The van der Waals surface area contributed by atoms with Crippen LogP contribution in [0.5, 0.6) is 11.5 Å². The van der Waals surface area contributed by atoms with Gasteiger partial charge in [0.1, 0.15) is 0 Å². The molecule has 78 valence electrons. The molecule has 0 heterocycles. The van der Waals surface area contributed by atoms with Gasteiger partial charge in [0, 0.05) is 12.0 Å². The van der Waals surface area contributed by atoms with Gasteiger partial charge in [0.25, 0.3) is 0 Å². The van der Waals surface area contributed by atoms with Gasteiger partial charge in [-0.1, -0.05) is 12.1 Å². The predicted octanol–water partition coefficient (Wildman–Crippen LogP) is 1.14. The zero-order chi connectivity index (χ0) is 10.6. The van der Waals surface area contributed by atoms with Gasteiger partial charge in [0.05, 0.1) is 13.7 Å². The van der Waals surface area contributed by atoms with Crippen molar-refractivity contribution < 1.29 is 14.7 Å². The van der Waals surface area contributed by atoms with Crippen molar-refractivity contribution in [1.29, 1.82) is 0 Å². The lowest BCUT2D eigenvalue weighted by Crippen LogP contribution is -2.04. The average molecular weight is 197 g/mol. The molecule has 4 heteroatoms. The van der Waals surface area contributed by atoms with Crippen molar-refractivity contribution in [3.63, 3.8) is 0 Å². The smallest absolute Gasteiger partial charge is 0.163 e. The molecule has 0 amide bonds. The van der Waals surface area contributed by atoms with Crippen LogP contribution in [0.4, 0.5) is 0 Å². The fourth-order valence-corrected chi connectivity index (χ4v) is 1.34. The summed E-state index contributed by atoms with van der Waals surface area (Å²) in [4.78, 5) is 4.45. The fourth-order valence-electron chi connectivity index (χ4n) is 1.34. The van der Waals surface area contributed by atoms with Crippen LogP contribution >= 0.6 is 0 Å². The molecule has 0 bridgehead atoms. The van der Waals surface area contributed by atoms with E-state index in [1.807, 2.05) is 19.1 Å². The van der Waals surface area contributed by atoms with E-state index in [2.05, 4.69) is 4.84 Å².